The van der Waals surface area contributed by atoms with Crippen molar-refractivity contribution in [3.8, 4) is 11.3 Å². The monoisotopic (exact) mass is 215 g/mol. The molecule has 0 atom stereocenters. The average Bonchev–Trinajstić information content (AvgIpc) is 2.29. The van der Waals surface area contributed by atoms with Gasteiger partial charge in [-0.2, -0.15) is 0 Å². The summed E-state index contributed by atoms with van der Waals surface area (Å²) in [6.07, 6.45) is 3.56. The fourth-order valence-electron chi connectivity index (χ4n) is 1.46. The van der Waals surface area contributed by atoms with Crippen LogP contribution >= 0.6 is 11.6 Å². The second-order valence-electron chi connectivity index (χ2n) is 3.16. The van der Waals surface area contributed by atoms with Crippen molar-refractivity contribution < 1.29 is 0 Å². The summed E-state index contributed by atoms with van der Waals surface area (Å²) in [6, 6.07) is 11.5. The lowest BCUT2D eigenvalue weighted by Crippen LogP contribution is -1.86. The summed E-state index contributed by atoms with van der Waals surface area (Å²) >= 11 is 5.94. The van der Waals surface area contributed by atoms with Crippen molar-refractivity contribution in [2.45, 2.75) is 0 Å². The molecule has 2 rings (SSSR count). The number of benzene rings is 1. The van der Waals surface area contributed by atoms with Crippen LogP contribution in [-0.4, -0.2) is 4.98 Å². The predicted molar refractivity (Wildman–Crippen MR) is 64.8 cm³/mol. The second-order valence-corrected chi connectivity index (χ2v) is 3.59. The molecule has 0 saturated carbocycles. The summed E-state index contributed by atoms with van der Waals surface area (Å²) in [7, 11) is 0. The first-order valence-corrected chi connectivity index (χ1v) is 5.02. The van der Waals surface area contributed by atoms with Gasteiger partial charge in [0.15, 0.2) is 0 Å². The largest absolute Gasteiger partial charge is 0.256 e. The first-order chi connectivity index (χ1) is 7.31. The van der Waals surface area contributed by atoms with Crippen LogP contribution in [0.15, 0.2) is 49.2 Å². The van der Waals surface area contributed by atoms with E-state index in [0.29, 0.717) is 5.02 Å². The van der Waals surface area contributed by atoms with E-state index in [4.69, 9.17) is 11.6 Å². The maximum absolute atomic E-state index is 5.94. The van der Waals surface area contributed by atoms with Gasteiger partial charge in [0.2, 0.25) is 0 Å². The molecule has 15 heavy (non-hydrogen) atoms. The predicted octanol–water partition coefficient (Wildman–Crippen LogP) is 4.05. The highest BCUT2D eigenvalue weighted by atomic mass is 35.5. The van der Waals surface area contributed by atoms with Gasteiger partial charge >= 0.3 is 0 Å². The highest BCUT2D eigenvalue weighted by Crippen LogP contribution is 2.24. The number of halogens is 1. The van der Waals surface area contributed by atoms with E-state index in [1.54, 1.807) is 12.3 Å². The van der Waals surface area contributed by atoms with Gasteiger partial charge in [-0.3, -0.25) is 4.98 Å². The zero-order valence-electron chi connectivity index (χ0n) is 8.15. The second kappa shape index (κ2) is 4.28. The lowest BCUT2D eigenvalue weighted by molar-refractivity contribution is 1.31. The van der Waals surface area contributed by atoms with E-state index in [-0.39, 0.29) is 0 Å². The number of hydrogen-bond donors (Lipinski definition) is 0. The minimum atomic E-state index is 0.716. The Balaban J connectivity index is 2.58. The Morgan fingerprint density at radius 1 is 1.20 bits per heavy atom. The van der Waals surface area contributed by atoms with Crippen LogP contribution in [0.4, 0.5) is 0 Å². The molecule has 0 N–H and O–H groups in total. The maximum atomic E-state index is 5.94. The molecular formula is C13H10ClN. The number of nitrogens with zero attached hydrogens (tertiary/aromatic N) is 1. The number of hydrogen-bond acceptors (Lipinski definition) is 1. The van der Waals surface area contributed by atoms with Crippen molar-refractivity contribution in [2.75, 3.05) is 0 Å². The molecule has 1 aromatic carbocycles. The zero-order chi connectivity index (χ0) is 10.7. The molecule has 0 radical (unpaired) electrons. The zero-order valence-corrected chi connectivity index (χ0v) is 8.91. The molecule has 0 bridgehead atoms. The van der Waals surface area contributed by atoms with Gasteiger partial charge in [0.25, 0.3) is 0 Å². The SMILES string of the molecule is C=Cc1cccnc1-c1cccc(Cl)c1. The Kier molecular flexibility index (Phi) is 2.84. The topological polar surface area (TPSA) is 12.9 Å². The Hall–Kier alpha value is -1.60. The molecular weight excluding hydrogens is 206 g/mol. The Labute approximate surface area is 94.1 Å². The molecule has 1 aromatic heterocycles. The Morgan fingerprint density at radius 2 is 2.07 bits per heavy atom. The fourth-order valence-corrected chi connectivity index (χ4v) is 1.65. The highest BCUT2D eigenvalue weighted by Gasteiger charge is 2.03. The lowest BCUT2D eigenvalue weighted by Gasteiger charge is -2.04. The summed E-state index contributed by atoms with van der Waals surface area (Å²) in [4.78, 5) is 4.33. The summed E-state index contributed by atoms with van der Waals surface area (Å²) in [5.41, 5.74) is 2.94. The van der Waals surface area contributed by atoms with Crippen molar-refractivity contribution in [3.63, 3.8) is 0 Å². The third-order valence-electron chi connectivity index (χ3n) is 2.16. The molecule has 0 aliphatic rings. The first-order valence-electron chi connectivity index (χ1n) is 4.64. The Bertz CT molecular complexity index is 491. The summed E-state index contributed by atoms with van der Waals surface area (Å²) < 4.78 is 0. The van der Waals surface area contributed by atoms with Gasteiger partial charge in [0.1, 0.15) is 0 Å². The van der Waals surface area contributed by atoms with Gasteiger partial charge in [-0.1, -0.05) is 42.5 Å². The summed E-state index contributed by atoms with van der Waals surface area (Å²) in [5, 5.41) is 0.716. The quantitative estimate of drug-likeness (QED) is 0.737. The van der Waals surface area contributed by atoms with Gasteiger partial charge in [0, 0.05) is 22.3 Å². The third kappa shape index (κ3) is 2.08. The standard InChI is InChI=1S/C13H10ClN/c1-2-10-6-4-8-15-13(10)11-5-3-7-12(14)9-11/h2-9H,1H2. The van der Waals surface area contributed by atoms with Crippen molar-refractivity contribution in [3.05, 3.63) is 59.8 Å². The van der Waals surface area contributed by atoms with Crippen LogP contribution < -0.4 is 0 Å². The van der Waals surface area contributed by atoms with E-state index in [9.17, 15) is 0 Å². The van der Waals surface area contributed by atoms with Gasteiger partial charge in [0.05, 0.1) is 5.69 Å². The van der Waals surface area contributed by atoms with Crippen molar-refractivity contribution in [1.29, 1.82) is 0 Å². The van der Waals surface area contributed by atoms with E-state index in [0.717, 1.165) is 16.8 Å². The normalized spacial score (nSPS) is 9.93. The molecule has 0 unspecified atom stereocenters. The summed E-state index contributed by atoms with van der Waals surface area (Å²) in [6.45, 7) is 3.77. The van der Waals surface area contributed by atoms with Crippen LogP contribution in [0, 0.1) is 0 Å². The van der Waals surface area contributed by atoms with E-state index in [1.807, 2.05) is 36.4 Å². The minimum absolute atomic E-state index is 0.716. The number of rotatable bonds is 2. The fraction of sp³-hybridized carbons (Fsp3) is 0. The van der Waals surface area contributed by atoms with Gasteiger partial charge in [-0.05, 0) is 18.2 Å². The molecule has 2 heteroatoms. The van der Waals surface area contributed by atoms with Crippen molar-refractivity contribution in [2.24, 2.45) is 0 Å². The molecule has 1 heterocycles. The van der Waals surface area contributed by atoms with Crippen molar-refractivity contribution in [1.82, 2.24) is 4.98 Å². The smallest absolute Gasteiger partial charge is 0.0774 e. The molecule has 1 nitrogen and oxygen atoms in total. The van der Waals surface area contributed by atoms with E-state index >= 15 is 0 Å². The molecule has 0 aliphatic heterocycles. The molecule has 2 aromatic rings. The van der Waals surface area contributed by atoms with Crippen LogP contribution in [0.1, 0.15) is 5.56 Å². The van der Waals surface area contributed by atoms with E-state index in [1.165, 1.54) is 0 Å². The van der Waals surface area contributed by atoms with Crippen LogP contribution in [0.25, 0.3) is 17.3 Å². The molecule has 0 amide bonds. The number of pyridine rings is 1. The Morgan fingerprint density at radius 3 is 2.80 bits per heavy atom. The molecule has 0 fully saturated rings. The van der Waals surface area contributed by atoms with Crippen LogP contribution in [-0.2, 0) is 0 Å². The van der Waals surface area contributed by atoms with Crippen LogP contribution in [0.3, 0.4) is 0 Å². The van der Waals surface area contributed by atoms with Gasteiger partial charge in [-0.25, -0.2) is 0 Å². The van der Waals surface area contributed by atoms with Crippen molar-refractivity contribution >= 4 is 17.7 Å². The van der Waals surface area contributed by atoms with Crippen LogP contribution in [0.5, 0.6) is 0 Å². The lowest BCUT2D eigenvalue weighted by atomic mass is 10.1. The average molecular weight is 216 g/mol. The van der Waals surface area contributed by atoms with Gasteiger partial charge < -0.3 is 0 Å². The summed E-state index contributed by atoms with van der Waals surface area (Å²) in [5.74, 6) is 0. The number of aromatic nitrogens is 1. The molecule has 0 saturated heterocycles. The first kappa shape index (κ1) is 9.94. The molecule has 74 valence electrons. The molecule has 0 aliphatic carbocycles. The maximum Gasteiger partial charge on any atom is 0.0774 e. The van der Waals surface area contributed by atoms with E-state index in [2.05, 4.69) is 11.6 Å². The molecule has 0 spiro atoms. The van der Waals surface area contributed by atoms with Gasteiger partial charge in [-0.15, -0.1) is 0 Å². The third-order valence-corrected chi connectivity index (χ3v) is 2.39. The highest BCUT2D eigenvalue weighted by molar-refractivity contribution is 6.30. The minimum Gasteiger partial charge on any atom is -0.256 e. The van der Waals surface area contributed by atoms with Crippen LogP contribution in [0.2, 0.25) is 5.02 Å². The van der Waals surface area contributed by atoms with E-state index < -0.39 is 0 Å².